The minimum absolute atomic E-state index is 0.0283. The smallest absolute Gasteiger partial charge is 0.226 e. The Morgan fingerprint density at radius 1 is 1.24 bits per heavy atom. The Hall–Kier alpha value is -1.77. The van der Waals surface area contributed by atoms with E-state index in [4.69, 9.17) is 10.2 Å². The summed E-state index contributed by atoms with van der Waals surface area (Å²) in [5.74, 6) is 1.52. The largest absolute Gasteiger partial charge is 0.441 e. The molecule has 3 heteroatoms. The Kier molecular flexibility index (Phi) is 2.69. The maximum Gasteiger partial charge on any atom is 0.226 e. The highest BCUT2D eigenvalue weighted by Crippen LogP contribution is 2.29. The fourth-order valence-corrected chi connectivity index (χ4v) is 1.62. The molecule has 2 aromatic rings. The van der Waals surface area contributed by atoms with Gasteiger partial charge in [-0.2, -0.15) is 0 Å². The molecule has 0 aliphatic rings. The lowest BCUT2D eigenvalue weighted by atomic mass is 9.94. The van der Waals surface area contributed by atoms with Crippen molar-refractivity contribution in [2.24, 2.45) is 0 Å². The summed E-state index contributed by atoms with van der Waals surface area (Å²) in [5, 5.41) is 0. The third kappa shape index (κ3) is 2.33. The van der Waals surface area contributed by atoms with Crippen LogP contribution >= 0.6 is 0 Å². The summed E-state index contributed by atoms with van der Waals surface area (Å²) in [6.07, 6.45) is 1.79. The van der Waals surface area contributed by atoms with Crippen LogP contribution < -0.4 is 5.73 Å². The predicted molar refractivity (Wildman–Crippen MR) is 69.8 cm³/mol. The molecule has 0 saturated carbocycles. The van der Waals surface area contributed by atoms with Crippen LogP contribution in [0.15, 0.2) is 28.8 Å². The van der Waals surface area contributed by atoms with E-state index >= 15 is 0 Å². The van der Waals surface area contributed by atoms with Gasteiger partial charge in [-0.1, -0.05) is 26.8 Å². The number of hydrogen-bond donors (Lipinski definition) is 1. The molecule has 0 atom stereocenters. The molecular formula is C14H18N2O. The van der Waals surface area contributed by atoms with Gasteiger partial charge in [0.25, 0.3) is 0 Å². The molecule has 0 aliphatic heterocycles. The molecule has 0 spiro atoms. The SMILES string of the molecule is Cc1ccc(N)cc1-c1ncc(C(C)(C)C)o1. The molecule has 1 aromatic heterocycles. The average Bonchev–Trinajstić information content (AvgIpc) is 2.70. The number of oxazole rings is 1. The first kappa shape index (κ1) is 11.7. The third-order valence-corrected chi connectivity index (χ3v) is 2.74. The summed E-state index contributed by atoms with van der Waals surface area (Å²) in [4.78, 5) is 4.33. The monoisotopic (exact) mass is 230 g/mol. The van der Waals surface area contributed by atoms with Crippen LogP contribution in [0, 0.1) is 6.92 Å². The standard InChI is InChI=1S/C14H18N2O/c1-9-5-6-10(15)7-11(9)13-16-8-12(17-13)14(2,3)4/h5-8H,15H2,1-4H3. The van der Waals surface area contributed by atoms with Crippen LogP contribution in [0.2, 0.25) is 0 Å². The van der Waals surface area contributed by atoms with Crippen LogP contribution in [-0.2, 0) is 5.41 Å². The molecule has 90 valence electrons. The van der Waals surface area contributed by atoms with Crippen molar-refractivity contribution in [1.29, 1.82) is 0 Å². The molecule has 0 saturated heterocycles. The molecule has 0 bridgehead atoms. The fourth-order valence-electron chi connectivity index (χ4n) is 1.62. The maximum atomic E-state index is 5.80. The second-order valence-corrected chi connectivity index (χ2v) is 5.35. The van der Waals surface area contributed by atoms with Gasteiger partial charge in [0, 0.05) is 16.7 Å². The van der Waals surface area contributed by atoms with Crippen molar-refractivity contribution in [3.05, 3.63) is 35.7 Å². The van der Waals surface area contributed by atoms with Crippen molar-refractivity contribution >= 4 is 5.69 Å². The quantitative estimate of drug-likeness (QED) is 0.762. The van der Waals surface area contributed by atoms with E-state index in [0.717, 1.165) is 22.6 Å². The first-order valence-electron chi connectivity index (χ1n) is 5.71. The molecule has 1 aromatic carbocycles. The van der Waals surface area contributed by atoms with Gasteiger partial charge in [0.2, 0.25) is 5.89 Å². The van der Waals surface area contributed by atoms with Crippen molar-refractivity contribution in [3.63, 3.8) is 0 Å². The lowest BCUT2D eigenvalue weighted by Gasteiger charge is -2.13. The van der Waals surface area contributed by atoms with Gasteiger partial charge in [0.15, 0.2) is 0 Å². The zero-order chi connectivity index (χ0) is 12.6. The van der Waals surface area contributed by atoms with Gasteiger partial charge in [-0.3, -0.25) is 0 Å². The predicted octanol–water partition coefficient (Wildman–Crippen LogP) is 3.53. The Bertz CT molecular complexity index is 535. The highest BCUT2D eigenvalue weighted by atomic mass is 16.4. The Morgan fingerprint density at radius 2 is 1.94 bits per heavy atom. The summed E-state index contributed by atoms with van der Waals surface area (Å²) < 4.78 is 5.80. The number of aryl methyl sites for hydroxylation is 1. The number of nitrogens with zero attached hydrogens (tertiary/aromatic N) is 1. The highest BCUT2D eigenvalue weighted by Gasteiger charge is 2.20. The minimum atomic E-state index is -0.0283. The van der Waals surface area contributed by atoms with E-state index in [0.29, 0.717) is 5.89 Å². The number of benzene rings is 1. The number of hydrogen-bond acceptors (Lipinski definition) is 3. The molecular weight excluding hydrogens is 212 g/mol. The number of nitrogens with two attached hydrogens (primary N) is 1. The summed E-state index contributed by atoms with van der Waals surface area (Å²) in [7, 11) is 0. The third-order valence-electron chi connectivity index (χ3n) is 2.74. The molecule has 1 heterocycles. The van der Waals surface area contributed by atoms with Crippen LogP contribution in [0.1, 0.15) is 32.1 Å². The Labute approximate surface area is 102 Å². The molecule has 0 unspecified atom stereocenters. The van der Waals surface area contributed by atoms with Gasteiger partial charge >= 0.3 is 0 Å². The van der Waals surface area contributed by atoms with Crippen LogP contribution in [0.25, 0.3) is 11.5 Å². The molecule has 0 fully saturated rings. The molecule has 3 nitrogen and oxygen atoms in total. The normalized spacial score (nSPS) is 11.8. The number of rotatable bonds is 1. The Morgan fingerprint density at radius 3 is 2.53 bits per heavy atom. The van der Waals surface area contributed by atoms with Crippen molar-refractivity contribution in [2.45, 2.75) is 33.1 Å². The molecule has 0 amide bonds. The molecule has 17 heavy (non-hydrogen) atoms. The summed E-state index contributed by atoms with van der Waals surface area (Å²) >= 11 is 0. The van der Waals surface area contributed by atoms with E-state index in [-0.39, 0.29) is 5.41 Å². The van der Waals surface area contributed by atoms with E-state index in [1.165, 1.54) is 0 Å². The van der Waals surface area contributed by atoms with Gasteiger partial charge in [0.1, 0.15) is 5.76 Å². The first-order valence-corrected chi connectivity index (χ1v) is 5.71. The average molecular weight is 230 g/mol. The lowest BCUT2D eigenvalue weighted by molar-refractivity contribution is 0.415. The van der Waals surface area contributed by atoms with E-state index in [1.54, 1.807) is 6.20 Å². The Balaban J connectivity index is 2.47. The van der Waals surface area contributed by atoms with E-state index in [9.17, 15) is 0 Å². The fraction of sp³-hybridized carbons (Fsp3) is 0.357. The topological polar surface area (TPSA) is 52.0 Å². The van der Waals surface area contributed by atoms with Crippen LogP contribution in [0.3, 0.4) is 0 Å². The highest BCUT2D eigenvalue weighted by molar-refractivity contribution is 5.64. The molecule has 2 rings (SSSR count). The summed E-state index contributed by atoms with van der Waals surface area (Å²) in [6.45, 7) is 8.33. The van der Waals surface area contributed by atoms with E-state index < -0.39 is 0 Å². The first-order chi connectivity index (χ1) is 7.88. The van der Waals surface area contributed by atoms with Gasteiger partial charge in [-0.25, -0.2) is 4.98 Å². The van der Waals surface area contributed by atoms with Crippen molar-refractivity contribution in [3.8, 4) is 11.5 Å². The summed E-state index contributed by atoms with van der Waals surface area (Å²) in [5.41, 5.74) is 8.55. The van der Waals surface area contributed by atoms with Crippen molar-refractivity contribution < 1.29 is 4.42 Å². The van der Waals surface area contributed by atoms with Crippen molar-refractivity contribution in [1.82, 2.24) is 4.98 Å². The summed E-state index contributed by atoms with van der Waals surface area (Å²) in [6, 6.07) is 5.76. The number of aromatic nitrogens is 1. The van der Waals surface area contributed by atoms with E-state index in [2.05, 4.69) is 25.8 Å². The van der Waals surface area contributed by atoms with Gasteiger partial charge in [-0.05, 0) is 24.6 Å². The number of anilines is 1. The second-order valence-electron chi connectivity index (χ2n) is 5.35. The minimum Gasteiger partial charge on any atom is -0.441 e. The van der Waals surface area contributed by atoms with Crippen LogP contribution in [-0.4, -0.2) is 4.98 Å². The molecule has 0 radical (unpaired) electrons. The van der Waals surface area contributed by atoms with E-state index in [1.807, 2.05) is 25.1 Å². The van der Waals surface area contributed by atoms with Crippen LogP contribution in [0.5, 0.6) is 0 Å². The zero-order valence-corrected chi connectivity index (χ0v) is 10.7. The van der Waals surface area contributed by atoms with Gasteiger partial charge < -0.3 is 10.2 Å². The second kappa shape index (κ2) is 3.91. The maximum absolute atomic E-state index is 5.80. The lowest BCUT2D eigenvalue weighted by Crippen LogP contribution is -2.09. The number of nitrogen functional groups attached to an aromatic ring is 1. The van der Waals surface area contributed by atoms with Crippen LogP contribution in [0.4, 0.5) is 5.69 Å². The van der Waals surface area contributed by atoms with Crippen molar-refractivity contribution in [2.75, 3.05) is 5.73 Å². The molecule has 0 aliphatic carbocycles. The van der Waals surface area contributed by atoms with Gasteiger partial charge in [0.05, 0.1) is 6.20 Å². The molecule has 2 N–H and O–H groups in total. The van der Waals surface area contributed by atoms with Gasteiger partial charge in [-0.15, -0.1) is 0 Å². The zero-order valence-electron chi connectivity index (χ0n) is 10.7.